The zero-order valence-electron chi connectivity index (χ0n) is 10.1. The summed E-state index contributed by atoms with van der Waals surface area (Å²) in [6, 6.07) is 12.4. The van der Waals surface area contributed by atoms with Crippen LogP contribution in [0.2, 0.25) is 10.0 Å². The molecular formula is C14H8Cl2N4. The summed E-state index contributed by atoms with van der Waals surface area (Å²) in [4.78, 5) is 4.27. The SMILES string of the molecule is N#Cc1ccc2nc(N)n(-c3ccc(Cl)cc3Cl)c2c1. The van der Waals surface area contributed by atoms with Gasteiger partial charge in [-0.05, 0) is 36.4 Å². The highest BCUT2D eigenvalue weighted by Crippen LogP contribution is 2.30. The molecule has 0 unspecified atom stereocenters. The predicted octanol–water partition coefficient (Wildman–Crippen LogP) is 3.79. The number of nitrogens with zero attached hydrogens (tertiary/aromatic N) is 3. The molecule has 20 heavy (non-hydrogen) atoms. The molecule has 0 amide bonds. The lowest BCUT2D eigenvalue weighted by molar-refractivity contribution is 1.11. The van der Waals surface area contributed by atoms with Crippen LogP contribution in [0, 0.1) is 11.3 Å². The van der Waals surface area contributed by atoms with Crippen LogP contribution >= 0.6 is 23.2 Å². The lowest BCUT2D eigenvalue weighted by atomic mass is 10.2. The van der Waals surface area contributed by atoms with Gasteiger partial charge in [-0.25, -0.2) is 4.98 Å². The Bertz CT molecular complexity index is 861. The normalized spacial score (nSPS) is 10.7. The molecular weight excluding hydrogens is 295 g/mol. The molecule has 4 nitrogen and oxygen atoms in total. The molecule has 6 heteroatoms. The summed E-state index contributed by atoms with van der Waals surface area (Å²) in [5.74, 6) is 0.305. The highest BCUT2D eigenvalue weighted by atomic mass is 35.5. The summed E-state index contributed by atoms with van der Waals surface area (Å²) in [6.07, 6.45) is 0. The molecule has 1 heterocycles. The minimum Gasteiger partial charge on any atom is -0.369 e. The molecule has 0 fully saturated rings. The number of hydrogen-bond donors (Lipinski definition) is 1. The van der Waals surface area contributed by atoms with Gasteiger partial charge >= 0.3 is 0 Å². The Labute approximate surface area is 125 Å². The van der Waals surface area contributed by atoms with Crippen molar-refractivity contribution in [3.05, 3.63) is 52.0 Å². The van der Waals surface area contributed by atoms with Gasteiger partial charge in [0.2, 0.25) is 5.95 Å². The van der Waals surface area contributed by atoms with Gasteiger partial charge in [0.25, 0.3) is 0 Å². The number of nitrogens with two attached hydrogens (primary N) is 1. The average Bonchev–Trinajstić information content (AvgIpc) is 2.74. The van der Waals surface area contributed by atoms with Gasteiger partial charge in [0.1, 0.15) is 0 Å². The number of nitrogen functional groups attached to an aromatic ring is 1. The van der Waals surface area contributed by atoms with E-state index in [0.29, 0.717) is 32.8 Å². The van der Waals surface area contributed by atoms with Gasteiger partial charge in [-0.15, -0.1) is 0 Å². The van der Waals surface area contributed by atoms with Crippen LogP contribution in [0.1, 0.15) is 5.56 Å². The van der Waals surface area contributed by atoms with Crippen LogP contribution in [0.25, 0.3) is 16.7 Å². The van der Waals surface area contributed by atoms with Gasteiger partial charge in [0.15, 0.2) is 0 Å². The summed E-state index contributed by atoms with van der Waals surface area (Å²) in [5.41, 5.74) is 8.59. The number of anilines is 1. The maximum Gasteiger partial charge on any atom is 0.205 e. The molecule has 0 saturated carbocycles. The predicted molar refractivity (Wildman–Crippen MR) is 80.2 cm³/mol. The van der Waals surface area contributed by atoms with Crippen LogP contribution in [0.3, 0.4) is 0 Å². The van der Waals surface area contributed by atoms with Crippen LogP contribution in [0.5, 0.6) is 0 Å². The van der Waals surface area contributed by atoms with Crippen LogP contribution in [-0.2, 0) is 0 Å². The van der Waals surface area contributed by atoms with E-state index in [0.717, 1.165) is 5.52 Å². The second-order valence-electron chi connectivity index (χ2n) is 4.22. The van der Waals surface area contributed by atoms with Gasteiger partial charge < -0.3 is 5.73 Å². The monoisotopic (exact) mass is 302 g/mol. The van der Waals surface area contributed by atoms with E-state index in [4.69, 9.17) is 34.2 Å². The largest absolute Gasteiger partial charge is 0.369 e. The molecule has 2 N–H and O–H groups in total. The smallest absolute Gasteiger partial charge is 0.205 e. The molecule has 98 valence electrons. The van der Waals surface area contributed by atoms with Crippen molar-refractivity contribution < 1.29 is 0 Å². The third-order valence-electron chi connectivity index (χ3n) is 2.96. The van der Waals surface area contributed by atoms with Crippen molar-refractivity contribution in [2.45, 2.75) is 0 Å². The standard InChI is InChI=1S/C14H8Cl2N4/c15-9-2-4-12(10(16)6-9)20-13-5-8(7-17)1-3-11(13)19-14(20)18/h1-6H,(H2,18,19). The van der Waals surface area contributed by atoms with E-state index in [1.54, 1.807) is 41.0 Å². The number of hydrogen-bond acceptors (Lipinski definition) is 3. The Balaban J connectivity index is 2.35. The van der Waals surface area contributed by atoms with Crippen LogP contribution in [-0.4, -0.2) is 9.55 Å². The number of nitriles is 1. The Hall–Kier alpha value is -2.22. The van der Waals surface area contributed by atoms with Crippen molar-refractivity contribution in [3.63, 3.8) is 0 Å². The number of benzene rings is 2. The van der Waals surface area contributed by atoms with E-state index in [-0.39, 0.29) is 0 Å². The lowest BCUT2D eigenvalue weighted by Gasteiger charge is -2.09. The zero-order chi connectivity index (χ0) is 14.3. The number of rotatable bonds is 1. The van der Waals surface area contributed by atoms with Gasteiger partial charge in [-0.3, -0.25) is 4.57 Å². The number of halogens is 2. The summed E-state index contributed by atoms with van der Waals surface area (Å²) >= 11 is 12.1. The molecule has 0 atom stereocenters. The van der Waals surface area contributed by atoms with Gasteiger partial charge in [-0.1, -0.05) is 23.2 Å². The van der Waals surface area contributed by atoms with E-state index in [9.17, 15) is 0 Å². The molecule has 3 rings (SSSR count). The first-order valence-electron chi connectivity index (χ1n) is 5.73. The van der Waals surface area contributed by atoms with E-state index in [2.05, 4.69) is 11.1 Å². The minimum atomic E-state index is 0.305. The fourth-order valence-electron chi connectivity index (χ4n) is 2.08. The van der Waals surface area contributed by atoms with Gasteiger partial charge in [-0.2, -0.15) is 5.26 Å². The van der Waals surface area contributed by atoms with Crippen molar-refractivity contribution in [1.29, 1.82) is 5.26 Å². The molecule has 0 radical (unpaired) electrons. The molecule has 0 saturated heterocycles. The van der Waals surface area contributed by atoms with E-state index in [1.807, 2.05) is 0 Å². The Morgan fingerprint density at radius 3 is 2.65 bits per heavy atom. The Kier molecular flexibility index (Phi) is 3.01. The second-order valence-corrected chi connectivity index (χ2v) is 5.06. The number of imidazole rings is 1. The minimum absolute atomic E-state index is 0.305. The van der Waals surface area contributed by atoms with E-state index in [1.165, 1.54) is 0 Å². The Morgan fingerprint density at radius 2 is 1.95 bits per heavy atom. The topological polar surface area (TPSA) is 67.6 Å². The molecule has 0 bridgehead atoms. The van der Waals surface area contributed by atoms with Gasteiger partial charge in [0, 0.05) is 5.02 Å². The first kappa shape index (κ1) is 12.8. The van der Waals surface area contributed by atoms with Crippen molar-refractivity contribution in [2.24, 2.45) is 0 Å². The quantitative estimate of drug-likeness (QED) is 0.743. The lowest BCUT2D eigenvalue weighted by Crippen LogP contribution is -2.01. The summed E-state index contributed by atoms with van der Waals surface area (Å²) in [7, 11) is 0. The molecule has 0 spiro atoms. The Morgan fingerprint density at radius 1 is 1.15 bits per heavy atom. The summed E-state index contributed by atoms with van der Waals surface area (Å²) in [6.45, 7) is 0. The second kappa shape index (κ2) is 4.71. The van der Waals surface area contributed by atoms with Crippen molar-refractivity contribution in [3.8, 4) is 11.8 Å². The molecule has 0 aliphatic heterocycles. The fraction of sp³-hybridized carbons (Fsp3) is 0. The van der Waals surface area contributed by atoms with E-state index >= 15 is 0 Å². The highest BCUT2D eigenvalue weighted by Gasteiger charge is 2.13. The van der Waals surface area contributed by atoms with Crippen molar-refractivity contribution in [1.82, 2.24) is 9.55 Å². The van der Waals surface area contributed by atoms with Crippen LogP contribution < -0.4 is 5.73 Å². The number of fused-ring (bicyclic) bond motifs is 1. The first-order valence-corrected chi connectivity index (χ1v) is 6.49. The van der Waals surface area contributed by atoms with Crippen molar-refractivity contribution in [2.75, 3.05) is 5.73 Å². The van der Waals surface area contributed by atoms with Crippen LogP contribution in [0.4, 0.5) is 5.95 Å². The third-order valence-corrected chi connectivity index (χ3v) is 3.50. The molecule has 0 aliphatic carbocycles. The highest BCUT2D eigenvalue weighted by molar-refractivity contribution is 6.35. The summed E-state index contributed by atoms with van der Waals surface area (Å²) < 4.78 is 1.70. The number of aromatic nitrogens is 2. The molecule has 3 aromatic rings. The maximum atomic E-state index is 9.00. The third kappa shape index (κ3) is 1.97. The molecule has 2 aromatic carbocycles. The maximum absolute atomic E-state index is 9.00. The van der Waals surface area contributed by atoms with Crippen molar-refractivity contribution >= 4 is 40.2 Å². The van der Waals surface area contributed by atoms with E-state index < -0.39 is 0 Å². The van der Waals surface area contributed by atoms with Crippen LogP contribution in [0.15, 0.2) is 36.4 Å². The first-order chi connectivity index (χ1) is 9.60. The fourth-order valence-corrected chi connectivity index (χ4v) is 2.57. The zero-order valence-corrected chi connectivity index (χ0v) is 11.7. The summed E-state index contributed by atoms with van der Waals surface area (Å²) in [5, 5.41) is 10.0. The average molecular weight is 303 g/mol. The molecule has 1 aromatic heterocycles. The van der Waals surface area contributed by atoms with Gasteiger partial charge in [0.05, 0.1) is 33.4 Å². The molecule has 0 aliphatic rings.